The summed E-state index contributed by atoms with van der Waals surface area (Å²) in [5, 5.41) is 0. The minimum absolute atomic E-state index is 0.477. The van der Waals surface area contributed by atoms with Crippen molar-refractivity contribution >= 4 is 0 Å². The predicted octanol–water partition coefficient (Wildman–Crippen LogP) is 0.785. The van der Waals surface area contributed by atoms with E-state index in [-0.39, 0.29) is 0 Å². The molecule has 0 atom stereocenters. The molecule has 14 heavy (non-hydrogen) atoms. The maximum absolute atomic E-state index is 5.59. The smallest absolute Gasteiger partial charge is 0.0949 e. The van der Waals surface area contributed by atoms with Crippen molar-refractivity contribution in [1.82, 2.24) is 14.5 Å². The number of nitrogens with zero attached hydrogens (tertiary/aromatic N) is 3. The highest BCUT2D eigenvalue weighted by Crippen LogP contribution is 2.06. The van der Waals surface area contributed by atoms with Crippen LogP contribution in [0.5, 0.6) is 0 Å². The molecule has 2 N–H and O–H groups in total. The molecule has 0 aromatic carbocycles. The Labute approximate surface area is 82.4 Å². The summed E-state index contributed by atoms with van der Waals surface area (Å²) in [4.78, 5) is 8.20. The van der Waals surface area contributed by atoms with Gasteiger partial charge in [0.15, 0.2) is 0 Å². The molecular weight excluding hydrogens is 176 g/mol. The maximum Gasteiger partial charge on any atom is 0.0949 e. The van der Waals surface area contributed by atoms with Crippen LogP contribution in [-0.2, 0) is 13.1 Å². The summed E-state index contributed by atoms with van der Waals surface area (Å²) >= 11 is 0. The Bertz CT molecular complexity index is 394. The van der Waals surface area contributed by atoms with Gasteiger partial charge in [0.05, 0.1) is 18.6 Å². The van der Waals surface area contributed by atoms with E-state index < -0.39 is 0 Å². The van der Waals surface area contributed by atoms with Crippen LogP contribution in [0.4, 0.5) is 0 Å². The first-order valence-electron chi connectivity index (χ1n) is 4.48. The van der Waals surface area contributed by atoms with Crippen LogP contribution in [0.2, 0.25) is 0 Å². The molecular formula is C10H12N4. The average Bonchev–Trinajstić information content (AvgIpc) is 2.71. The van der Waals surface area contributed by atoms with E-state index in [0.29, 0.717) is 6.54 Å². The Balaban J connectivity index is 2.24. The predicted molar refractivity (Wildman–Crippen MR) is 53.5 cm³/mol. The third kappa shape index (κ3) is 1.80. The second-order valence-electron chi connectivity index (χ2n) is 3.05. The third-order valence-electron chi connectivity index (χ3n) is 2.09. The van der Waals surface area contributed by atoms with Gasteiger partial charge in [-0.2, -0.15) is 0 Å². The van der Waals surface area contributed by atoms with Crippen molar-refractivity contribution in [3.63, 3.8) is 0 Å². The quantitative estimate of drug-likeness (QED) is 0.774. The van der Waals surface area contributed by atoms with Crippen molar-refractivity contribution in [1.29, 1.82) is 0 Å². The van der Waals surface area contributed by atoms with Gasteiger partial charge in [-0.1, -0.05) is 6.07 Å². The number of hydrogen-bond donors (Lipinski definition) is 1. The van der Waals surface area contributed by atoms with Gasteiger partial charge in [-0.15, -0.1) is 0 Å². The lowest BCUT2D eigenvalue weighted by atomic mass is 10.2. The van der Waals surface area contributed by atoms with Crippen molar-refractivity contribution in [3.8, 4) is 0 Å². The standard InChI is InChI=1S/C10H12N4/c11-6-10-9(2-1-3-13-10)7-14-5-4-12-8-14/h1-5,8H,6-7,11H2. The van der Waals surface area contributed by atoms with Gasteiger partial charge in [-0.25, -0.2) is 4.98 Å². The normalized spacial score (nSPS) is 10.4. The lowest BCUT2D eigenvalue weighted by Gasteiger charge is -2.06. The summed E-state index contributed by atoms with van der Waals surface area (Å²) in [5.74, 6) is 0. The van der Waals surface area contributed by atoms with E-state index in [9.17, 15) is 0 Å². The van der Waals surface area contributed by atoms with E-state index in [0.717, 1.165) is 17.8 Å². The molecule has 0 aliphatic rings. The van der Waals surface area contributed by atoms with Gasteiger partial charge in [0, 0.05) is 25.1 Å². The fraction of sp³-hybridized carbons (Fsp3) is 0.200. The molecule has 0 aliphatic carbocycles. The summed E-state index contributed by atoms with van der Waals surface area (Å²) in [7, 11) is 0. The van der Waals surface area contributed by atoms with Crippen LogP contribution >= 0.6 is 0 Å². The molecule has 0 amide bonds. The zero-order valence-corrected chi connectivity index (χ0v) is 7.80. The van der Waals surface area contributed by atoms with Crippen LogP contribution in [0, 0.1) is 0 Å². The molecule has 0 bridgehead atoms. The van der Waals surface area contributed by atoms with Crippen molar-refractivity contribution in [2.24, 2.45) is 5.73 Å². The topological polar surface area (TPSA) is 56.7 Å². The molecule has 2 heterocycles. The van der Waals surface area contributed by atoms with Gasteiger partial charge < -0.3 is 10.3 Å². The van der Waals surface area contributed by atoms with E-state index in [1.807, 2.05) is 22.9 Å². The Morgan fingerprint density at radius 1 is 1.36 bits per heavy atom. The minimum Gasteiger partial charge on any atom is -0.333 e. The monoisotopic (exact) mass is 188 g/mol. The molecule has 2 aromatic rings. The van der Waals surface area contributed by atoms with E-state index in [4.69, 9.17) is 5.73 Å². The molecule has 4 heteroatoms. The molecule has 72 valence electrons. The van der Waals surface area contributed by atoms with E-state index in [1.54, 1.807) is 18.7 Å². The van der Waals surface area contributed by atoms with E-state index in [2.05, 4.69) is 9.97 Å². The molecule has 4 nitrogen and oxygen atoms in total. The zero-order valence-electron chi connectivity index (χ0n) is 7.80. The van der Waals surface area contributed by atoms with Gasteiger partial charge in [0.2, 0.25) is 0 Å². The Morgan fingerprint density at radius 2 is 2.29 bits per heavy atom. The Morgan fingerprint density at radius 3 is 3.00 bits per heavy atom. The van der Waals surface area contributed by atoms with Crippen molar-refractivity contribution in [2.45, 2.75) is 13.1 Å². The highest BCUT2D eigenvalue weighted by molar-refractivity contribution is 5.19. The minimum atomic E-state index is 0.477. The molecule has 0 unspecified atom stereocenters. The lowest BCUT2D eigenvalue weighted by Crippen LogP contribution is -2.07. The van der Waals surface area contributed by atoms with Gasteiger partial charge in [-0.3, -0.25) is 4.98 Å². The Kier molecular flexibility index (Phi) is 2.55. The first kappa shape index (κ1) is 8.90. The third-order valence-corrected chi connectivity index (χ3v) is 2.09. The first-order chi connectivity index (χ1) is 6.90. The number of imidazole rings is 1. The number of rotatable bonds is 3. The summed E-state index contributed by atoms with van der Waals surface area (Å²) in [6.45, 7) is 1.26. The number of pyridine rings is 1. The molecule has 0 aliphatic heterocycles. The van der Waals surface area contributed by atoms with Gasteiger partial charge in [-0.05, 0) is 11.6 Å². The summed E-state index contributed by atoms with van der Waals surface area (Å²) in [5.41, 5.74) is 7.68. The highest BCUT2D eigenvalue weighted by atomic mass is 15.0. The lowest BCUT2D eigenvalue weighted by molar-refractivity contribution is 0.774. The fourth-order valence-corrected chi connectivity index (χ4v) is 1.38. The molecule has 0 saturated heterocycles. The first-order valence-corrected chi connectivity index (χ1v) is 4.48. The second kappa shape index (κ2) is 4.02. The molecule has 2 aromatic heterocycles. The summed E-state index contributed by atoms with van der Waals surface area (Å²) in [6, 6.07) is 3.96. The molecule has 2 rings (SSSR count). The van der Waals surface area contributed by atoms with E-state index >= 15 is 0 Å². The number of hydrogen-bond acceptors (Lipinski definition) is 3. The maximum atomic E-state index is 5.59. The highest BCUT2D eigenvalue weighted by Gasteiger charge is 2.01. The summed E-state index contributed by atoms with van der Waals surface area (Å²) < 4.78 is 2.00. The molecule has 0 radical (unpaired) electrons. The van der Waals surface area contributed by atoms with Crippen LogP contribution in [-0.4, -0.2) is 14.5 Å². The summed E-state index contributed by atoms with van der Waals surface area (Å²) in [6.07, 6.45) is 7.23. The van der Waals surface area contributed by atoms with E-state index in [1.165, 1.54) is 0 Å². The number of nitrogens with two attached hydrogens (primary N) is 1. The SMILES string of the molecule is NCc1ncccc1Cn1ccnc1. The van der Waals surface area contributed by atoms with Gasteiger partial charge in [0.25, 0.3) is 0 Å². The van der Waals surface area contributed by atoms with Crippen molar-refractivity contribution in [3.05, 3.63) is 48.3 Å². The van der Waals surface area contributed by atoms with Crippen LogP contribution in [0.25, 0.3) is 0 Å². The molecule has 0 spiro atoms. The fourth-order valence-electron chi connectivity index (χ4n) is 1.38. The second-order valence-corrected chi connectivity index (χ2v) is 3.05. The van der Waals surface area contributed by atoms with Crippen molar-refractivity contribution < 1.29 is 0 Å². The van der Waals surface area contributed by atoms with Crippen molar-refractivity contribution in [2.75, 3.05) is 0 Å². The van der Waals surface area contributed by atoms with Crippen LogP contribution in [0.1, 0.15) is 11.3 Å². The average molecular weight is 188 g/mol. The largest absolute Gasteiger partial charge is 0.333 e. The van der Waals surface area contributed by atoms with Crippen LogP contribution in [0.15, 0.2) is 37.1 Å². The zero-order chi connectivity index (χ0) is 9.80. The van der Waals surface area contributed by atoms with Crippen LogP contribution in [0.3, 0.4) is 0 Å². The Hall–Kier alpha value is -1.68. The molecule has 0 saturated carbocycles. The van der Waals surface area contributed by atoms with Crippen LogP contribution < -0.4 is 5.73 Å². The van der Waals surface area contributed by atoms with Gasteiger partial charge in [0.1, 0.15) is 0 Å². The molecule has 0 fully saturated rings. The van der Waals surface area contributed by atoms with Gasteiger partial charge >= 0.3 is 0 Å². The number of aromatic nitrogens is 3.